The Bertz CT molecular complexity index is 774. The third-order valence-corrected chi connectivity index (χ3v) is 4.31. The van der Waals surface area contributed by atoms with Gasteiger partial charge in [0.2, 0.25) is 11.8 Å². The number of anilines is 2. The Kier molecular flexibility index (Phi) is 8.01. The zero-order valence-corrected chi connectivity index (χ0v) is 16.4. The van der Waals surface area contributed by atoms with Crippen molar-refractivity contribution in [3.8, 4) is 0 Å². The normalized spacial score (nSPS) is 10.7. The molecule has 0 fully saturated rings. The Morgan fingerprint density at radius 3 is 2.30 bits per heavy atom. The van der Waals surface area contributed by atoms with Gasteiger partial charge in [0.25, 0.3) is 0 Å². The first-order valence-electron chi connectivity index (χ1n) is 9.48. The second kappa shape index (κ2) is 10.5. The second-order valence-corrected chi connectivity index (χ2v) is 6.68. The largest absolute Gasteiger partial charge is 0.325 e. The molecule has 0 saturated carbocycles. The van der Waals surface area contributed by atoms with Crippen molar-refractivity contribution in [2.24, 2.45) is 0 Å². The van der Waals surface area contributed by atoms with Gasteiger partial charge < -0.3 is 10.6 Å². The van der Waals surface area contributed by atoms with Gasteiger partial charge in [-0.15, -0.1) is 0 Å². The van der Waals surface area contributed by atoms with E-state index in [1.807, 2.05) is 67.3 Å². The van der Waals surface area contributed by atoms with Crippen molar-refractivity contribution >= 4 is 23.2 Å². The molecular weight excluding hydrogens is 338 g/mol. The summed E-state index contributed by atoms with van der Waals surface area (Å²) in [6.07, 6.45) is 1.79. The van der Waals surface area contributed by atoms with E-state index in [0.717, 1.165) is 29.8 Å². The van der Waals surface area contributed by atoms with Gasteiger partial charge in [0.15, 0.2) is 0 Å². The van der Waals surface area contributed by atoms with E-state index in [2.05, 4.69) is 17.6 Å². The molecular formula is C22H29N3O2. The fourth-order valence-electron chi connectivity index (χ4n) is 2.91. The highest BCUT2D eigenvalue weighted by Crippen LogP contribution is 2.13. The lowest BCUT2D eigenvalue weighted by atomic mass is 10.1. The third kappa shape index (κ3) is 6.87. The molecule has 2 N–H and O–H groups in total. The molecule has 2 aromatic rings. The van der Waals surface area contributed by atoms with E-state index in [4.69, 9.17) is 0 Å². The van der Waals surface area contributed by atoms with E-state index in [0.29, 0.717) is 6.54 Å². The Balaban J connectivity index is 1.92. The van der Waals surface area contributed by atoms with E-state index in [9.17, 15) is 9.59 Å². The van der Waals surface area contributed by atoms with Gasteiger partial charge in [-0.2, -0.15) is 0 Å². The molecule has 2 aromatic carbocycles. The van der Waals surface area contributed by atoms with Crippen LogP contribution in [0.3, 0.4) is 0 Å². The van der Waals surface area contributed by atoms with E-state index in [-0.39, 0.29) is 24.9 Å². The molecule has 5 heteroatoms. The number of carbonyl (C=O) groups is 2. The summed E-state index contributed by atoms with van der Waals surface area (Å²) < 4.78 is 0. The minimum atomic E-state index is -0.112. The van der Waals surface area contributed by atoms with Gasteiger partial charge in [0.05, 0.1) is 13.1 Å². The molecule has 0 unspecified atom stereocenters. The van der Waals surface area contributed by atoms with Gasteiger partial charge in [-0.1, -0.05) is 44.2 Å². The van der Waals surface area contributed by atoms with Crippen LogP contribution in [-0.4, -0.2) is 36.3 Å². The Morgan fingerprint density at radius 2 is 1.63 bits per heavy atom. The lowest BCUT2D eigenvalue weighted by Gasteiger charge is -2.21. The zero-order valence-electron chi connectivity index (χ0n) is 16.4. The van der Waals surface area contributed by atoms with Crippen LogP contribution in [0.5, 0.6) is 0 Å². The SMILES string of the molecule is CCCN(CC(=O)Nc1cccc(CC)c1)CC(=O)Nc1ccccc1C. The molecule has 0 aromatic heterocycles. The maximum Gasteiger partial charge on any atom is 0.238 e. The molecule has 0 aliphatic heterocycles. The smallest absolute Gasteiger partial charge is 0.238 e. The van der Waals surface area contributed by atoms with Gasteiger partial charge in [-0.25, -0.2) is 0 Å². The number of nitrogens with zero attached hydrogens (tertiary/aromatic N) is 1. The summed E-state index contributed by atoms with van der Waals surface area (Å²) in [5, 5.41) is 5.85. The molecule has 0 bridgehead atoms. The quantitative estimate of drug-likeness (QED) is 0.708. The van der Waals surface area contributed by atoms with Gasteiger partial charge in [-0.3, -0.25) is 14.5 Å². The first-order valence-corrected chi connectivity index (χ1v) is 9.48. The maximum atomic E-state index is 12.4. The summed E-state index contributed by atoms with van der Waals surface area (Å²) in [7, 11) is 0. The topological polar surface area (TPSA) is 61.4 Å². The molecule has 5 nitrogen and oxygen atoms in total. The van der Waals surface area contributed by atoms with Crippen molar-refractivity contribution < 1.29 is 9.59 Å². The van der Waals surface area contributed by atoms with Crippen molar-refractivity contribution in [3.63, 3.8) is 0 Å². The van der Waals surface area contributed by atoms with E-state index >= 15 is 0 Å². The van der Waals surface area contributed by atoms with Gasteiger partial charge in [0.1, 0.15) is 0 Å². The number of hydrogen-bond acceptors (Lipinski definition) is 3. The highest BCUT2D eigenvalue weighted by molar-refractivity contribution is 5.95. The molecule has 0 atom stereocenters. The monoisotopic (exact) mass is 367 g/mol. The number of carbonyl (C=O) groups excluding carboxylic acids is 2. The number of nitrogens with one attached hydrogen (secondary N) is 2. The number of aryl methyl sites for hydroxylation is 2. The van der Waals surface area contributed by atoms with Crippen molar-refractivity contribution in [1.82, 2.24) is 4.90 Å². The Hall–Kier alpha value is -2.66. The Morgan fingerprint density at radius 1 is 0.926 bits per heavy atom. The van der Waals surface area contributed by atoms with E-state index < -0.39 is 0 Å². The fourth-order valence-corrected chi connectivity index (χ4v) is 2.91. The maximum absolute atomic E-state index is 12.4. The van der Waals surface area contributed by atoms with Crippen LogP contribution in [0.15, 0.2) is 48.5 Å². The molecule has 2 rings (SSSR count). The van der Waals surface area contributed by atoms with Crippen LogP contribution in [0, 0.1) is 6.92 Å². The fraction of sp³-hybridized carbons (Fsp3) is 0.364. The molecule has 0 radical (unpaired) electrons. The third-order valence-electron chi connectivity index (χ3n) is 4.31. The van der Waals surface area contributed by atoms with E-state index in [1.54, 1.807) is 0 Å². The summed E-state index contributed by atoms with van der Waals surface area (Å²) in [5.41, 5.74) is 3.79. The summed E-state index contributed by atoms with van der Waals surface area (Å²) in [5.74, 6) is -0.223. The van der Waals surface area contributed by atoms with Crippen molar-refractivity contribution in [3.05, 3.63) is 59.7 Å². The minimum absolute atomic E-state index is 0.111. The number of para-hydroxylation sites is 1. The number of hydrogen-bond donors (Lipinski definition) is 2. The van der Waals surface area contributed by atoms with Crippen LogP contribution in [0.2, 0.25) is 0 Å². The number of rotatable bonds is 9. The van der Waals surface area contributed by atoms with E-state index in [1.165, 1.54) is 5.56 Å². The lowest BCUT2D eigenvalue weighted by molar-refractivity contribution is -0.120. The zero-order chi connectivity index (χ0) is 19.6. The van der Waals surface area contributed by atoms with Crippen molar-refractivity contribution in [1.29, 1.82) is 0 Å². The van der Waals surface area contributed by atoms with Crippen LogP contribution in [0.25, 0.3) is 0 Å². The van der Waals surface area contributed by atoms with Crippen LogP contribution in [0.1, 0.15) is 31.4 Å². The summed E-state index contributed by atoms with van der Waals surface area (Å²) in [4.78, 5) is 26.7. The van der Waals surface area contributed by atoms with Gasteiger partial charge in [0, 0.05) is 11.4 Å². The highest BCUT2D eigenvalue weighted by atomic mass is 16.2. The predicted molar refractivity (Wildman–Crippen MR) is 111 cm³/mol. The van der Waals surface area contributed by atoms with Crippen molar-refractivity contribution in [2.45, 2.75) is 33.6 Å². The first kappa shape index (κ1) is 20.6. The highest BCUT2D eigenvalue weighted by Gasteiger charge is 2.15. The predicted octanol–water partition coefficient (Wildman–Crippen LogP) is 3.85. The molecule has 2 amide bonds. The average molecular weight is 367 g/mol. The average Bonchev–Trinajstić information content (AvgIpc) is 2.64. The van der Waals surface area contributed by atoms with Gasteiger partial charge >= 0.3 is 0 Å². The number of benzene rings is 2. The minimum Gasteiger partial charge on any atom is -0.325 e. The van der Waals surface area contributed by atoms with Crippen LogP contribution in [-0.2, 0) is 16.0 Å². The van der Waals surface area contributed by atoms with Gasteiger partial charge in [-0.05, 0) is 55.6 Å². The van der Waals surface area contributed by atoms with Crippen LogP contribution >= 0.6 is 0 Å². The molecule has 0 aliphatic carbocycles. The molecule has 27 heavy (non-hydrogen) atoms. The molecule has 0 saturated heterocycles. The lowest BCUT2D eigenvalue weighted by Crippen LogP contribution is -2.39. The Labute approximate surface area is 161 Å². The molecule has 0 spiro atoms. The van der Waals surface area contributed by atoms with Crippen LogP contribution < -0.4 is 10.6 Å². The molecule has 0 aliphatic rings. The standard InChI is InChI=1S/C22H29N3O2/c1-4-13-25(16-22(27)24-20-12-7-6-9-17(20)3)15-21(26)23-19-11-8-10-18(5-2)14-19/h6-12,14H,4-5,13,15-16H2,1-3H3,(H,23,26)(H,24,27). The second-order valence-electron chi connectivity index (χ2n) is 6.68. The number of amides is 2. The summed E-state index contributed by atoms with van der Waals surface area (Å²) >= 11 is 0. The first-order chi connectivity index (χ1) is 13.0. The summed E-state index contributed by atoms with van der Waals surface area (Å²) in [6.45, 7) is 7.13. The summed E-state index contributed by atoms with van der Waals surface area (Å²) in [6, 6.07) is 15.5. The molecule has 144 valence electrons. The van der Waals surface area contributed by atoms with Crippen molar-refractivity contribution in [2.75, 3.05) is 30.3 Å². The molecule has 0 heterocycles. The van der Waals surface area contributed by atoms with Crippen LogP contribution in [0.4, 0.5) is 11.4 Å².